The van der Waals surface area contributed by atoms with E-state index in [0.29, 0.717) is 15.1 Å². The van der Waals surface area contributed by atoms with Gasteiger partial charge in [-0.15, -0.1) is 0 Å². The Kier molecular flexibility index (Phi) is 6.30. The molecule has 1 atom stereocenters. The molecular weight excluding hydrogens is 482 g/mol. The van der Waals surface area contributed by atoms with Crippen LogP contribution >= 0.6 is 27.5 Å². The summed E-state index contributed by atoms with van der Waals surface area (Å²) in [5.41, 5.74) is 5.11. The lowest BCUT2D eigenvalue weighted by molar-refractivity contribution is -0.137. The van der Waals surface area contributed by atoms with Crippen LogP contribution in [0.25, 0.3) is 11.1 Å². The van der Waals surface area contributed by atoms with Gasteiger partial charge in [-0.1, -0.05) is 82.1 Å². The van der Waals surface area contributed by atoms with Crippen molar-refractivity contribution in [3.8, 4) is 11.1 Å². The summed E-state index contributed by atoms with van der Waals surface area (Å²) >= 11 is 9.37. The molecule has 0 unspecified atom stereocenters. The third-order valence-electron chi connectivity index (χ3n) is 5.35. The monoisotopic (exact) mass is 499 g/mol. The number of hydrogen-bond donors (Lipinski definition) is 2. The van der Waals surface area contributed by atoms with Crippen molar-refractivity contribution >= 4 is 39.6 Å². The van der Waals surface area contributed by atoms with Crippen LogP contribution < -0.4 is 5.32 Å². The van der Waals surface area contributed by atoms with Gasteiger partial charge in [-0.05, 0) is 39.9 Å². The topological polar surface area (TPSA) is 75.6 Å². The number of rotatable bonds is 6. The van der Waals surface area contributed by atoms with E-state index in [1.165, 1.54) is 0 Å². The molecule has 7 heteroatoms. The first-order chi connectivity index (χ1) is 14.9. The molecule has 3 aromatic carbocycles. The first-order valence-corrected chi connectivity index (χ1v) is 10.9. The smallest absolute Gasteiger partial charge is 0.407 e. The molecule has 0 aromatic heterocycles. The van der Waals surface area contributed by atoms with Gasteiger partial charge in [0.05, 0.1) is 12.5 Å². The lowest BCUT2D eigenvalue weighted by Crippen LogP contribution is -2.32. The van der Waals surface area contributed by atoms with Gasteiger partial charge in [-0.25, -0.2) is 4.79 Å². The molecule has 1 aliphatic carbocycles. The Hall–Kier alpha value is -2.83. The molecule has 31 heavy (non-hydrogen) atoms. The molecule has 3 aromatic rings. The van der Waals surface area contributed by atoms with E-state index in [9.17, 15) is 14.7 Å². The Labute approximate surface area is 193 Å². The summed E-state index contributed by atoms with van der Waals surface area (Å²) in [5.74, 6) is -1.11. The second-order valence-corrected chi connectivity index (χ2v) is 8.58. The summed E-state index contributed by atoms with van der Waals surface area (Å²) in [6.07, 6.45) is -0.959. The fourth-order valence-electron chi connectivity index (χ4n) is 3.98. The van der Waals surface area contributed by atoms with Gasteiger partial charge in [0.15, 0.2) is 0 Å². The van der Waals surface area contributed by atoms with Crippen LogP contribution in [0.5, 0.6) is 0 Å². The summed E-state index contributed by atoms with van der Waals surface area (Å²) in [6.45, 7) is 0.154. The number of carboxylic acids is 1. The minimum absolute atomic E-state index is 0.0710. The van der Waals surface area contributed by atoms with Crippen molar-refractivity contribution in [3.05, 3.63) is 92.9 Å². The summed E-state index contributed by atoms with van der Waals surface area (Å²) in [5, 5.41) is 12.5. The number of fused-ring (bicyclic) bond motifs is 3. The zero-order chi connectivity index (χ0) is 22.0. The maximum atomic E-state index is 12.6. The summed E-state index contributed by atoms with van der Waals surface area (Å²) in [7, 11) is 0. The molecule has 0 saturated carbocycles. The Morgan fingerprint density at radius 2 is 1.65 bits per heavy atom. The van der Waals surface area contributed by atoms with Crippen LogP contribution in [-0.4, -0.2) is 23.8 Å². The van der Waals surface area contributed by atoms with Crippen molar-refractivity contribution < 1.29 is 19.4 Å². The quantitative estimate of drug-likeness (QED) is 0.425. The number of aliphatic carboxylic acids is 1. The Morgan fingerprint density at radius 1 is 1.03 bits per heavy atom. The zero-order valence-electron chi connectivity index (χ0n) is 16.3. The van der Waals surface area contributed by atoms with Crippen LogP contribution in [0.4, 0.5) is 4.79 Å². The van der Waals surface area contributed by atoms with Gasteiger partial charge in [0.25, 0.3) is 0 Å². The van der Waals surface area contributed by atoms with Crippen LogP contribution in [0, 0.1) is 0 Å². The van der Waals surface area contributed by atoms with Gasteiger partial charge >= 0.3 is 12.1 Å². The second-order valence-electron chi connectivity index (χ2n) is 7.29. The molecule has 0 saturated heterocycles. The second kappa shape index (κ2) is 9.12. The molecule has 2 N–H and O–H groups in total. The predicted molar refractivity (Wildman–Crippen MR) is 122 cm³/mol. The van der Waals surface area contributed by atoms with E-state index in [1.807, 2.05) is 36.4 Å². The number of carbonyl (C=O) groups is 2. The van der Waals surface area contributed by atoms with Crippen LogP contribution in [0.3, 0.4) is 0 Å². The van der Waals surface area contributed by atoms with Crippen molar-refractivity contribution in [2.75, 3.05) is 6.61 Å². The number of nitrogens with one attached hydrogen (secondary N) is 1. The maximum absolute atomic E-state index is 12.6. The summed E-state index contributed by atoms with van der Waals surface area (Å²) in [6, 6.07) is 20.4. The number of hydrogen-bond acceptors (Lipinski definition) is 3. The number of carboxylic acid groups (broad SMARTS) is 1. The first kappa shape index (κ1) is 21.4. The predicted octanol–water partition coefficient (Wildman–Crippen LogP) is 6.16. The highest BCUT2D eigenvalue weighted by molar-refractivity contribution is 9.10. The molecular formula is C24H19BrClNO4. The number of halogens is 2. The molecule has 0 radical (unpaired) electrons. The molecule has 0 aliphatic heterocycles. The van der Waals surface area contributed by atoms with Crippen molar-refractivity contribution in [2.45, 2.75) is 18.4 Å². The largest absolute Gasteiger partial charge is 0.481 e. The third-order valence-corrected chi connectivity index (χ3v) is 6.27. The highest BCUT2D eigenvalue weighted by atomic mass is 79.9. The minimum Gasteiger partial charge on any atom is -0.481 e. The third kappa shape index (κ3) is 4.60. The maximum Gasteiger partial charge on any atom is 0.407 e. The Morgan fingerprint density at radius 3 is 2.23 bits per heavy atom. The van der Waals surface area contributed by atoms with Gasteiger partial charge in [0.1, 0.15) is 6.61 Å². The van der Waals surface area contributed by atoms with E-state index >= 15 is 0 Å². The van der Waals surface area contributed by atoms with E-state index in [-0.39, 0.29) is 18.9 Å². The highest BCUT2D eigenvalue weighted by Gasteiger charge is 2.29. The normalized spacial score (nSPS) is 13.2. The van der Waals surface area contributed by atoms with E-state index in [2.05, 4.69) is 33.4 Å². The van der Waals surface area contributed by atoms with Crippen LogP contribution in [0.15, 0.2) is 71.2 Å². The van der Waals surface area contributed by atoms with Crippen molar-refractivity contribution in [1.29, 1.82) is 0 Å². The minimum atomic E-state index is -1.04. The fraction of sp³-hybridized carbons (Fsp3) is 0.167. The van der Waals surface area contributed by atoms with Crippen LogP contribution in [0.2, 0.25) is 5.02 Å². The molecule has 158 valence electrons. The van der Waals surface area contributed by atoms with E-state index < -0.39 is 18.1 Å². The van der Waals surface area contributed by atoms with Gasteiger partial charge in [0, 0.05) is 15.4 Å². The standard InChI is InChI=1S/C24H19BrClNO4/c25-21-11-14(26)9-10-19(21)22(12-23(28)29)27-24(30)31-13-20-17-7-3-1-5-15(17)16-6-2-4-8-18(16)20/h1-11,20,22H,12-13H2,(H,27,30)(H,28,29)/t22-/m1/s1. The number of carbonyl (C=O) groups excluding carboxylic acids is 1. The fourth-order valence-corrected chi connectivity index (χ4v) is 4.94. The molecule has 1 amide bonds. The molecule has 0 fully saturated rings. The average Bonchev–Trinajstić information content (AvgIpc) is 3.05. The molecule has 4 rings (SSSR count). The number of ether oxygens (including phenoxy) is 1. The van der Waals surface area contributed by atoms with Crippen LogP contribution in [0.1, 0.15) is 35.1 Å². The SMILES string of the molecule is O=C(O)C[C@@H](NC(=O)OCC1c2ccccc2-c2ccccc21)c1ccc(Cl)cc1Br. The van der Waals surface area contributed by atoms with E-state index in [1.54, 1.807) is 18.2 Å². The van der Waals surface area contributed by atoms with Crippen molar-refractivity contribution in [3.63, 3.8) is 0 Å². The number of amides is 1. The highest BCUT2D eigenvalue weighted by Crippen LogP contribution is 2.44. The van der Waals surface area contributed by atoms with Gasteiger partial charge < -0.3 is 15.2 Å². The van der Waals surface area contributed by atoms with Gasteiger partial charge in [-0.3, -0.25) is 4.79 Å². The molecule has 0 heterocycles. The average molecular weight is 501 g/mol. The molecule has 1 aliphatic rings. The van der Waals surface area contributed by atoms with Crippen molar-refractivity contribution in [1.82, 2.24) is 5.32 Å². The lowest BCUT2D eigenvalue weighted by Gasteiger charge is -2.20. The number of alkyl carbamates (subject to hydrolysis) is 1. The van der Waals surface area contributed by atoms with E-state index in [4.69, 9.17) is 16.3 Å². The van der Waals surface area contributed by atoms with Crippen LogP contribution in [-0.2, 0) is 9.53 Å². The Balaban J connectivity index is 1.50. The molecule has 5 nitrogen and oxygen atoms in total. The summed E-state index contributed by atoms with van der Waals surface area (Å²) in [4.78, 5) is 24.0. The summed E-state index contributed by atoms with van der Waals surface area (Å²) < 4.78 is 6.17. The van der Waals surface area contributed by atoms with Crippen molar-refractivity contribution in [2.24, 2.45) is 0 Å². The van der Waals surface area contributed by atoms with Gasteiger partial charge in [-0.2, -0.15) is 0 Å². The molecule has 0 spiro atoms. The molecule has 0 bridgehead atoms. The first-order valence-electron chi connectivity index (χ1n) is 9.72. The Bertz CT molecular complexity index is 1100. The lowest BCUT2D eigenvalue weighted by atomic mass is 9.98. The van der Waals surface area contributed by atoms with E-state index in [0.717, 1.165) is 22.3 Å². The zero-order valence-corrected chi connectivity index (χ0v) is 18.7. The number of benzene rings is 3. The van der Waals surface area contributed by atoms with Gasteiger partial charge in [0.2, 0.25) is 0 Å².